The first-order valence-corrected chi connectivity index (χ1v) is 53.7. The summed E-state index contributed by atoms with van der Waals surface area (Å²) in [6.07, 6.45) is 21.5. The Balaban J connectivity index is 0.0000000977. The third-order valence-electron chi connectivity index (χ3n) is 38.9. The number of rotatable bonds is 8. The van der Waals surface area contributed by atoms with E-state index in [4.69, 9.17) is 0 Å². The lowest BCUT2D eigenvalue weighted by molar-refractivity contribution is -0.0399. The molecule has 0 radical (unpaired) electrons. The average Bonchev–Trinajstić information content (AvgIpc) is 1.51. The van der Waals surface area contributed by atoms with Crippen LogP contribution in [0.25, 0.3) is 198 Å². The Morgan fingerprint density at radius 2 is 0.345 bits per heavy atom. The minimum atomic E-state index is 0.201. The second kappa shape index (κ2) is 31.7. The maximum absolute atomic E-state index is 2.58. The van der Waals surface area contributed by atoms with E-state index >= 15 is 0 Å². The summed E-state index contributed by atoms with van der Waals surface area (Å²) in [5.41, 5.74) is 40.3. The third-order valence-corrected chi connectivity index (χ3v) is 38.9. The van der Waals surface area contributed by atoms with Crippen LogP contribution in [0.5, 0.6) is 0 Å². The second-order valence-electron chi connectivity index (χ2n) is 45.4. The Kier molecular flexibility index (Phi) is 18.4. The van der Waals surface area contributed by atoms with Crippen LogP contribution in [0, 0.1) is 71.0 Å². The summed E-state index contributed by atoms with van der Waals surface area (Å²) in [6, 6.07) is 162. The lowest BCUT2D eigenvalue weighted by Crippen LogP contribution is -2.55. The van der Waals surface area contributed by atoms with Crippen molar-refractivity contribution in [3.8, 4) is 122 Å². The molecule has 15 aliphatic rings. The van der Waals surface area contributed by atoms with Crippen molar-refractivity contribution in [3.05, 3.63) is 458 Å². The number of fused-ring (bicyclic) bond motifs is 16. The highest BCUT2D eigenvalue weighted by Crippen LogP contribution is 2.74. The largest absolute Gasteiger partial charge is 0.0622 e. The molecule has 0 atom stereocenters. The van der Waals surface area contributed by atoms with Gasteiger partial charge in [-0.15, -0.1) is 0 Å². The molecule has 3 spiro atoms. The van der Waals surface area contributed by atoms with Crippen molar-refractivity contribution < 1.29 is 0 Å². The molecule has 0 aliphatic heterocycles. The molecule has 142 heavy (non-hydrogen) atoms. The summed E-state index contributed by atoms with van der Waals surface area (Å²) < 4.78 is 0. The molecule has 0 unspecified atom stereocenters. The number of hydrogen-bond acceptors (Lipinski definition) is 0. The van der Waals surface area contributed by atoms with Crippen molar-refractivity contribution >= 4 is 75.4 Å². The lowest BCUT2D eigenvalue weighted by atomic mass is 9.43. The van der Waals surface area contributed by atoms with Gasteiger partial charge in [-0.1, -0.05) is 400 Å². The fourth-order valence-corrected chi connectivity index (χ4v) is 34.5. The topological polar surface area (TPSA) is 0 Å². The zero-order valence-corrected chi connectivity index (χ0v) is 80.4. The SMILES string of the molecule is c1ccc(-c2ccc(-c3c4ccccc4c(-c4ccc5c(c4)-c4ccccc4C54C5CC6CC(C5)CC4C6)c4ccccc34)cc2)cc1.c1ccc(-c2ccccc2-c2c3ccccc3c(-c3ccc4c(c3)-c3ccccc3C43C4CC5CC(C4)CC3C5)c3ccccc23)cc1.c1ccc2c(c1)-c1cc(-c3c4ccccc4c(-c4ccc5ccccc5c4)c4ccccc34)ccc1C21C2CC3CC(C2)CC1C3. The first-order valence-electron chi connectivity index (χ1n) is 53.7. The molecule has 0 aromatic heterocycles. The molecule has 0 heteroatoms. The Labute approximate surface area is 833 Å². The minimum absolute atomic E-state index is 0.201. The summed E-state index contributed by atoms with van der Waals surface area (Å²) in [6.45, 7) is 0. The van der Waals surface area contributed by atoms with Crippen LogP contribution in [0.4, 0.5) is 0 Å². The predicted molar refractivity (Wildman–Crippen MR) is 595 cm³/mol. The van der Waals surface area contributed by atoms with Gasteiger partial charge in [0, 0.05) is 16.2 Å². The molecule has 0 heterocycles. The Morgan fingerprint density at radius 1 is 0.127 bits per heavy atom. The Morgan fingerprint density at radius 3 is 0.676 bits per heavy atom. The van der Waals surface area contributed by atoms with Crippen LogP contribution in [0.2, 0.25) is 0 Å². The molecule has 12 saturated carbocycles. The molecule has 0 saturated heterocycles. The van der Waals surface area contributed by atoms with Gasteiger partial charge in [-0.25, -0.2) is 0 Å². The number of benzene rings is 21. The van der Waals surface area contributed by atoms with Crippen molar-refractivity contribution in [1.82, 2.24) is 0 Å². The maximum Gasteiger partial charge on any atom is 0.0271 e. The van der Waals surface area contributed by atoms with Gasteiger partial charge in [-0.3, -0.25) is 0 Å². The minimum Gasteiger partial charge on any atom is -0.0622 e. The smallest absolute Gasteiger partial charge is 0.0271 e. The third kappa shape index (κ3) is 11.9. The quantitative estimate of drug-likeness (QED) is 0.133. The first-order chi connectivity index (χ1) is 70.3. The summed E-state index contributed by atoms with van der Waals surface area (Å²) >= 11 is 0. The van der Waals surface area contributed by atoms with Gasteiger partial charge in [0.1, 0.15) is 0 Å². The summed E-state index contributed by atoms with van der Waals surface area (Å²) in [7, 11) is 0. The van der Waals surface area contributed by atoms with Gasteiger partial charge in [0.25, 0.3) is 0 Å². The van der Waals surface area contributed by atoms with E-state index in [0.717, 1.165) is 71.0 Å². The van der Waals surface area contributed by atoms with Gasteiger partial charge in [-0.2, -0.15) is 0 Å². The molecule has 0 N–H and O–H groups in total. The van der Waals surface area contributed by atoms with Gasteiger partial charge >= 0.3 is 0 Å². The molecule has 12 fully saturated rings. The van der Waals surface area contributed by atoms with E-state index in [-0.39, 0.29) is 16.2 Å². The van der Waals surface area contributed by atoms with Gasteiger partial charge in [0.15, 0.2) is 0 Å². The van der Waals surface area contributed by atoms with E-state index in [2.05, 4.69) is 425 Å². The highest BCUT2D eigenvalue weighted by atomic mass is 14.7. The molecule has 680 valence electrons. The van der Waals surface area contributed by atoms with Crippen molar-refractivity contribution in [2.45, 2.75) is 113 Å². The van der Waals surface area contributed by atoms with E-state index in [1.807, 2.05) is 0 Å². The average molecular weight is 1820 g/mol. The van der Waals surface area contributed by atoms with Crippen molar-refractivity contribution in [2.75, 3.05) is 0 Å². The lowest BCUT2D eigenvalue weighted by Gasteiger charge is -2.61. The summed E-state index contributed by atoms with van der Waals surface area (Å²) in [5, 5.41) is 18.4. The Hall–Kier alpha value is -14.6. The van der Waals surface area contributed by atoms with Crippen LogP contribution in [0.3, 0.4) is 0 Å². The van der Waals surface area contributed by atoms with Crippen LogP contribution in [-0.4, -0.2) is 0 Å². The molecule has 21 aromatic rings. The van der Waals surface area contributed by atoms with Gasteiger partial charge < -0.3 is 0 Å². The van der Waals surface area contributed by atoms with E-state index < -0.39 is 0 Å². The monoisotopic (exact) mass is 1820 g/mol. The highest BCUT2D eigenvalue weighted by molar-refractivity contribution is 6.25. The van der Waals surface area contributed by atoms with Crippen LogP contribution in [-0.2, 0) is 16.2 Å². The zero-order valence-electron chi connectivity index (χ0n) is 80.4. The molecule has 12 bridgehead atoms. The molecular formula is C142H112. The Bertz CT molecular complexity index is 8560. The van der Waals surface area contributed by atoms with Gasteiger partial charge in [0.05, 0.1) is 0 Å². The molecule has 36 rings (SSSR count). The molecule has 21 aromatic carbocycles. The summed E-state index contributed by atoms with van der Waals surface area (Å²) in [5.74, 6) is 10.5. The van der Waals surface area contributed by atoms with Gasteiger partial charge in [-0.05, 0) is 423 Å². The molecule has 0 amide bonds. The maximum atomic E-state index is 2.58. The van der Waals surface area contributed by atoms with E-state index in [9.17, 15) is 0 Å². The predicted octanol–water partition coefficient (Wildman–Crippen LogP) is 37.6. The second-order valence-corrected chi connectivity index (χ2v) is 45.4. The standard InChI is InChI=1S/2C48H38.C46H36/c1-2-10-32(11-3-1)33-18-20-34(21-19-33)46-39-13-4-6-15-41(39)47(42-16-7-5-14-40(42)46)35-22-23-45-43(29-35)38-12-8-9-17-44(38)48(45)36-25-30-24-31(27-36)28-37(48)26-30;1-2-12-32(13-3-1)36-14-4-5-16-38(36)47-41-19-8-6-17-39(41)46(40-18-7-9-20-42(40)47)33-22-23-45-43(29-33)37-15-10-11-21-44(37)48(45)34-25-30-24-31(27-34)28-35(48)26-30;1-2-10-31-26-32(18-17-30(31)9-1)44-37-12-3-5-14-39(37)45(40-15-6-4-13-38(40)44)33-19-20-43-41(27-33)36-11-7-8-16-42(36)46(43)34-22-28-21-29(24-34)25-35(46)23-28/h1-23,29-31,36-37H,24-28H2;1-23,29-31,34-35H,24-28H2;1-20,26-29,34-35H,21-25H2. The van der Waals surface area contributed by atoms with Crippen LogP contribution < -0.4 is 0 Å². The van der Waals surface area contributed by atoms with Crippen molar-refractivity contribution in [1.29, 1.82) is 0 Å². The molecule has 0 nitrogen and oxygen atoms in total. The first kappa shape index (κ1) is 82.2. The van der Waals surface area contributed by atoms with Crippen LogP contribution in [0.15, 0.2) is 425 Å². The highest BCUT2D eigenvalue weighted by Gasteiger charge is 2.65. The fraction of sp³-hybridized carbons (Fsp3) is 0.211. The number of hydrogen-bond donors (Lipinski definition) is 0. The van der Waals surface area contributed by atoms with E-state index in [1.165, 1.54) is 294 Å². The normalized spacial score (nSPS) is 25.0. The van der Waals surface area contributed by atoms with E-state index in [0.29, 0.717) is 0 Å². The van der Waals surface area contributed by atoms with Crippen LogP contribution >= 0.6 is 0 Å². The van der Waals surface area contributed by atoms with Crippen molar-refractivity contribution in [3.63, 3.8) is 0 Å². The fourth-order valence-electron chi connectivity index (χ4n) is 34.5. The zero-order chi connectivity index (χ0) is 92.8. The van der Waals surface area contributed by atoms with Gasteiger partial charge in [0.2, 0.25) is 0 Å². The van der Waals surface area contributed by atoms with Crippen LogP contribution in [0.1, 0.15) is 130 Å². The molecule has 15 aliphatic carbocycles. The summed E-state index contributed by atoms with van der Waals surface area (Å²) in [4.78, 5) is 0. The van der Waals surface area contributed by atoms with E-state index in [1.54, 1.807) is 33.4 Å². The molecular weight excluding hydrogens is 1710 g/mol. The van der Waals surface area contributed by atoms with Crippen molar-refractivity contribution in [2.24, 2.45) is 71.0 Å².